The smallest absolute Gasteiger partial charge is 0.236 e. The van der Waals surface area contributed by atoms with Crippen LogP contribution in [0.2, 0.25) is 0 Å². The molecule has 5 rings (SSSR count). The minimum atomic E-state index is -1.13. The molecule has 7 nitrogen and oxygen atoms in total. The van der Waals surface area contributed by atoms with E-state index < -0.39 is 17.7 Å². The summed E-state index contributed by atoms with van der Waals surface area (Å²) in [7, 11) is 1.61. The van der Waals surface area contributed by atoms with Crippen molar-refractivity contribution in [3.8, 4) is 17.2 Å². The quantitative estimate of drug-likeness (QED) is 0.448. The summed E-state index contributed by atoms with van der Waals surface area (Å²) in [5.41, 5.74) is 2.29. The Labute approximate surface area is 216 Å². The Kier molecular flexibility index (Phi) is 6.22. The Bertz CT molecular complexity index is 1310. The first kappa shape index (κ1) is 23.9. The first-order chi connectivity index (χ1) is 17.4. The van der Waals surface area contributed by atoms with Gasteiger partial charge in [0, 0.05) is 16.9 Å². The fourth-order valence-electron chi connectivity index (χ4n) is 5.09. The van der Waals surface area contributed by atoms with Crippen LogP contribution in [0.1, 0.15) is 31.0 Å². The highest BCUT2D eigenvalue weighted by atomic mass is 32.1. The average Bonchev–Trinajstić information content (AvgIpc) is 2.84. The van der Waals surface area contributed by atoms with E-state index in [1.54, 1.807) is 7.11 Å². The third-order valence-electron chi connectivity index (χ3n) is 6.69. The molecule has 1 amide bonds. The Morgan fingerprint density at radius 3 is 2.61 bits per heavy atom. The van der Waals surface area contributed by atoms with E-state index in [4.69, 9.17) is 26.4 Å². The second-order valence-electron chi connectivity index (χ2n) is 9.06. The standard InChI is InChI=1S/C28H29N3O4S/c1-5-34-22-11-7-10-21-24-23(26(32)29-18-12-14-20(33-4)15-13-18)28(3,35-25(21)22)31(27(36)30-24)19-9-6-8-17(2)16-19/h6-16,23-24H,5H2,1-4H3,(H,29,32)(H,30,36)/t23-,24-,28-/m1/s1. The monoisotopic (exact) mass is 503 g/mol. The minimum absolute atomic E-state index is 0.187. The number of hydrogen-bond donors (Lipinski definition) is 2. The summed E-state index contributed by atoms with van der Waals surface area (Å²) in [6.45, 7) is 6.37. The van der Waals surface area contributed by atoms with Crippen molar-refractivity contribution in [1.82, 2.24) is 5.32 Å². The third kappa shape index (κ3) is 4.01. The first-order valence-corrected chi connectivity index (χ1v) is 12.3. The molecular formula is C28H29N3O4S. The maximum Gasteiger partial charge on any atom is 0.236 e. The number of nitrogens with zero attached hydrogens (tertiary/aromatic N) is 1. The molecule has 1 saturated heterocycles. The number of anilines is 2. The maximum absolute atomic E-state index is 13.9. The molecule has 2 bridgehead atoms. The van der Waals surface area contributed by atoms with Crippen LogP contribution in [-0.4, -0.2) is 30.5 Å². The number of nitrogens with one attached hydrogen (secondary N) is 2. The van der Waals surface area contributed by atoms with Crippen molar-refractivity contribution >= 4 is 34.6 Å². The van der Waals surface area contributed by atoms with Crippen molar-refractivity contribution in [1.29, 1.82) is 0 Å². The maximum atomic E-state index is 13.9. The molecule has 0 saturated carbocycles. The molecule has 186 valence electrons. The molecule has 3 aromatic rings. The van der Waals surface area contributed by atoms with E-state index in [-0.39, 0.29) is 5.91 Å². The zero-order valence-corrected chi connectivity index (χ0v) is 21.5. The van der Waals surface area contributed by atoms with Gasteiger partial charge in [0.15, 0.2) is 22.3 Å². The number of thiocarbonyl (C=S) groups is 1. The van der Waals surface area contributed by atoms with E-state index in [1.165, 1.54) is 0 Å². The largest absolute Gasteiger partial charge is 0.497 e. The van der Waals surface area contributed by atoms with Crippen LogP contribution in [0.5, 0.6) is 17.2 Å². The Morgan fingerprint density at radius 2 is 1.92 bits per heavy atom. The number of fused-ring (bicyclic) bond motifs is 4. The van der Waals surface area contributed by atoms with Gasteiger partial charge < -0.3 is 24.8 Å². The summed E-state index contributed by atoms with van der Waals surface area (Å²) in [6.07, 6.45) is 0. The van der Waals surface area contributed by atoms with Crippen molar-refractivity contribution < 1.29 is 19.0 Å². The Balaban J connectivity index is 1.62. The van der Waals surface area contributed by atoms with Gasteiger partial charge in [0.25, 0.3) is 0 Å². The van der Waals surface area contributed by atoms with Crippen molar-refractivity contribution in [3.05, 3.63) is 77.9 Å². The van der Waals surface area contributed by atoms with Gasteiger partial charge >= 0.3 is 0 Å². The summed E-state index contributed by atoms with van der Waals surface area (Å²) in [4.78, 5) is 15.8. The van der Waals surface area contributed by atoms with Gasteiger partial charge in [0.05, 0.1) is 19.8 Å². The second-order valence-corrected chi connectivity index (χ2v) is 9.45. The topological polar surface area (TPSA) is 72.1 Å². The van der Waals surface area contributed by atoms with Gasteiger partial charge in [0.2, 0.25) is 5.91 Å². The number of amides is 1. The molecule has 2 aliphatic rings. The van der Waals surface area contributed by atoms with Crippen molar-refractivity contribution in [2.24, 2.45) is 5.92 Å². The number of carbonyl (C=O) groups excluding carboxylic acids is 1. The summed E-state index contributed by atoms with van der Waals surface area (Å²) >= 11 is 5.85. The lowest BCUT2D eigenvalue weighted by molar-refractivity contribution is -0.130. The molecule has 3 atom stereocenters. The fraction of sp³-hybridized carbons (Fsp3) is 0.286. The number of methoxy groups -OCH3 is 1. The van der Waals surface area contributed by atoms with Crippen molar-refractivity contribution in [2.75, 3.05) is 23.9 Å². The predicted octanol–water partition coefficient (Wildman–Crippen LogP) is 5.20. The molecule has 0 spiro atoms. The van der Waals surface area contributed by atoms with Crippen LogP contribution in [0.4, 0.5) is 11.4 Å². The number of benzene rings is 3. The summed E-state index contributed by atoms with van der Waals surface area (Å²) in [5.74, 6) is 1.14. The van der Waals surface area contributed by atoms with Gasteiger partial charge in [-0.3, -0.25) is 9.69 Å². The summed E-state index contributed by atoms with van der Waals surface area (Å²) < 4.78 is 17.9. The number of aryl methyl sites for hydroxylation is 1. The first-order valence-electron chi connectivity index (χ1n) is 11.9. The lowest BCUT2D eigenvalue weighted by Gasteiger charge is -2.56. The predicted molar refractivity (Wildman–Crippen MR) is 144 cm³/mol. The van der Waals surface area contributed by atoms with Crippen LogP contribution in [0.25, 0.3) is 0 Å². The highest BCUT2D eigenvalue weighted by Gasteiger charge is 2.59. The highest BCUT2D eigenvalue weighted by molar-refractivity contribution is 7.80. The van der Waals surface area contributed by atoms with Crippen LogP contribution < -0.4 is 29.7 Å². The van der Waals surface area contributed by atoms with Gasteiger partial charge in [-0.1, -0.05) is 24.3 Å². The highest BCUT2D eigenvalue weighted by Crippen LogP contribution is 2.52. The van der Waals surface area contributed by atoms with E-state index in [1.807, 2.05) is 92.4 Å². The average molecular weight is 504 g/mol. The number of para-hydroxylation sites is 1. The Morgan fingerprint density at radius 1 is 1.17 bits per heavy atom. The summed E-state index contributed by atoms with van der Waals surface area (Å²) in [5, 5.41) is 7.01. The molecular weight excluding hydrogens is 474 g/mol. The molecule has 2 N–H and O–H groups in total. The lowest BCUT2D eigenvalue weighted by Crippen LogP contribution is -2.72. The number of ether oxygens (including phenoxy) is 3. The zero-order valence-electron chi connectivity index (χ0n) is 20.7. The van der Waals surface area contributed by atoms with Crippen LogP contribution in [0.15, 0.2) is 66.7 Å². The molecule has 0 unspecified atom stereocenters. The van der Waals surface area contributed by atoms with Gasteiger partial charge in [-0.15, -0.1) is 0 Å². The molecule has 0 aliphatic carbocycles. The van der Waals surface area contributed by atoms with Crippen molar-refractivity contribution in [3.63, 3.8) is 0 Å². The van der Waals surface area contributed by atoms with Crippen LogP contribution >= 0.6 is 12.2 Å². The molecule has 2 heterocycles. The molecule has 3 aromatic carbocycles. The van der Waals surface area contributed by atoms with Crippen LogP contribution in [0.3, 0.4) is 0 Å². The zero-order chi connectivity index (χ0) is 25.4. The number of carbonyl (C=O) groups is 1. The van der Waals surface area contributed by atoms with E-state index in [0.717, 1.165) is 16.8 Å². The molecule has 36 heavy (non-hydrogen) atoms. The molecule has 8 heteroatoms. The molecule has 0 radical (unpaired) electrons. The normalized spacial score (nSPS) is 22.1. The van der Waals surface area contributed by atoms with E-state index in [9.17, 15) is 4.79 Å². The number of rotatable bonds is 6. The van der Waals surface area contributed by atoms with Gasteiger partial charge in [-0.2, -0.15) is 0 Å². The molecule has 1 fully saturated rings. The molecule has 2 aliphatic heterocycles. The van der Waals surface area contributed by atoms with Gasteiger partial charge in [-0.05, 0) is 81.0 Å². The van der Waals surface area contributed by atoms with E-state index in [0.29, 0.717) is 34.7 Å². The minimum Gasteiger partial charge on any atom is -0.497 e. The van der Waals surface area contributed by atoms with E-state index >= 15 is 0 Å². The third-order valence-corrected chi connectivity index (χ3v) is 6.99. The van der Waals surface area contributed by atoms with Crippen molar-refractivity contribution in [2.45, 2.75) is 32.5 Å². The Hall–Kier alpha value is -3.78. The fourth-order valence-corrected chi connectivity index (χ4v) is 5.50. The van der Waals surface area contributed by atoms with Crippen LogP contribution in [0, 0.1) is 12.8 Å². The lowest BCUT2D eigenvalue weighted by atomic mass is 9.78. The van der Waals surface area contributed by atoms with E-state index in [2.05, 4.69) is 10.6 Å². The van der Waals surface area contributed by atoms with Crippen LogP contribution in [-0.2, 0) is 4.79 Å². The SMILES string of the molecule is CCOc1cccc2c1O[C@]1(C)[C@@H](C(=O)Nc3ccc(OC)cc3)[C@@H]2NC(=S)N1c1cccc(C)c1. The van der Waals surface area contributed by atoms with Gasteiger partial charge in [-0.25, -0.2) is 0 Å². The molecule has 0 aromatic heterocycles. The summed E-state index contributed by atoms with van der Waals surface area (Å²) in [6, 6.07) is 20.6. The second kappa shape index (κ2) is 9.35. The number of hydrogen-bond acceptors (Lipinski definition) is 5. The van der Waals surface area contributed by atoms with Gasteiger partial charge in [0.1, 0.15) is 11.7 Å².